The van der Waals surface area contributed by atoms with Gasteiger partial charge in [0, 0.05) is 29.9 Å². The molecule has 0 saturated heterocycles. The van der Waals surface area contributed by atoms with E-state index < -0.39 is 0 Å². The van der Waals surface area contributed by atoms with Crippen LogP contribution in [0.1, 0.15) is 34.0 Å². The Hall–Kier alpha value is -2.94. The highest BCUT2D eigenvalue weighted by Crippen LogP contribution is 2.42. The average Bonchev–Trinajstić information content (AvgIpc) is 2.62. The summed E-state index contributed by atoms with van der Waals surface area (Å²) in [5.41, 5.74) is 5.00. The van der Waals surface area contributed by atoms with Crippen LogP contribution in [0.2, 0.25) is 0 Å². The van der Waals surface area contributed by atoms with E-state index in [0.717, 1.165) is 22.5 Å². The van der Waals surface area contributed by atoms with Crippen molar-refractivity contribution in [2.75, 3.05) is 5.32 Å². The Morgan fingerprint density at radius 3 is 2.09 bits per heavy atom. The summed E-state index contributed by atoms with van der Waals surface area (Å²) in [7, 11) is 0. The fourth-order valence-electron chi connectivity index (χ4n) is 3.18. The van der Waals surface area contributed by atoms with E-state index in [1.54, 1.807) is 12.3 Å². The largest absolute Gasteiger partial charge is 0.355 e. The number of pyridine rings is 1. The molecular weight excluding hydrogens is 284 g/mol. The van der Waals surface area contributed by atoms with E-state index in [4.69, 9.17) is 0 Å². The lowest BCUT2D eigenvalue weighted by atomic mass is 9.82. The van der Waals surface area contributed by atoms with Gasteiger partial charge in [-0.15, -0.1) is 0 Å². The number of ketones is 1. The normalized spacial score (nSPS) is 12.9. The van der Waals surface area contributed by atoms with Crippen LogP contribution < -0.4 is 5.32 Å². The molecular formula is C20H16N2O. The molecule has 1 N–H and O–H groups in total. The van der Waals surface area contributed by atoms with Gasteiger partial charge in [-0.1, -0.05) is 42.5 Å². The molecule has 1 aromatic heterocycles. The highest BCUT2D eigenvalue weighted by atomic mass is 16.1. The van der Waals surface area contributed by atoms with E-state index in [1.165, 1.54) is 0 Å². The Morgan fingerprint density at radius 1 is 0.870 bits per heavy atom. The van der Waals surface area contributed by atoms with Crippen LogP contribution in [0.25, 0.3) is 0 Å². The second kappa shape index (κ2) is 5.69. The maximum absolute atomic E-state index is 12.6. The van der Waals surface area contributed by atoms with Crippen LogP contribution in [-0.4, -0.2) is 10.8 Å². The second-order valence-corrected chi connectivity index (χ2v) is 5.69. The molecule has 0 unspecified atom stereocenters. The number of hydrogen-bond acceptors (Lipinski definition) is 3. The third kappa shape index (κ3) is 2.50. The average molecular weight is 300 g/mol. The first-order valence-corrected chi connectivity index (χ1v) is 7.72. The molecule has 112 valence electrons. The minimum atomic E-state index is 0.0538. The van der Waals surface area contributed by atoms with Gasteiger partial charge < -0.3 is 5.32 Å². The van der Waals surface area contributed by atoms with Gasteiger partial charge in [-0.3, -0.25) is 9.78 Å². The molecule has 0 spiro atoms. The topological polar surface area (TPSA) is 42.0 Å². The number of carbonyl (C=O) groups excluding carboxylic acids is 1. The van der Waals surface area contributed by atoms with Crippen molar-refractivity contribution in [3.63, 3.8) is 0 Å². The smallest absolute Gasteiger partial charge is 0.182 e. The summed E-state index contributed by atoms with van der Waals surface area (Å²) in [6.07, 6.45) is 2.09. The first-order valence-electron chi connectivity index (χ1n) is 7.72. The van der Waals surface area contributed by atoms with Crippen LogP contribution in [-0.2, 0) is 0 Å². The number of aromatic nitrogens is 1. The number of nitrogens with zero attached hydrogens (tertiary/aromatic N) is 1. The van der Waals surface area contributed by atoms with Gasteiger partial charge in [0.2, 0.25) is 0 Å². The van der Waals surface area contributed by atoms with Gasteiger partial charge >= 0.3 is 0 Å². The maximum Gasteiger partial charge on any atom is 0.182 e. The van der Waals surface area contributed by atoms with Gasteiger partial charge in [0.05, 0.1) is 0 Å². The lowest BCUT2D eigenvalue weighted by Gasteiger charge is -2.29. The summed E-state index contributed by atoms with van der Waals surface area (Å²) in [6, 6.07) is 21.8. The van der Waals surface area contributed by atoms with Crippen LogP contribution in [0.15, 0.2) is 72.9 Å². The molecule has 0 atom stereocenters. The van der Waals surface area contributed by atoms with E-state index in [9.17, 15) is 4.79 Å². The van der Waals surface area contributed by atoms with Crippen LogP contribution >= 0.6 is 0 Å². The zero-order valence-electron chi connectivity index (χ0n) is 12.6. The zero-order valence-corrected chi connectivity index (χ0v) is 12.6. The molecule has 0 saturated carbocycles. The highest BCUT2D eigenvalue weighted by molar-refractivity contribution is 5.95. The zero-order chi connectivity index (χ0) is 15.6. The van der Waals surface area contributed by atoms with Crippen LogP contribution in [0.4, 0.5) is 11.4 Å². The quantitative estimate of drug-likeness (QED) is 0.722. The highest BCUT2D eigenvalue weighted by Gasteiger charge is 2.27. The third-order valence-electron chi connectivity index (χ3n) is 4.28. The number of rotatable bonds is 3. The Labute approximate surface area is 135 Å². The van der Waals surface area contributed by atoms with Crippen molar-refractivity contribution < 1.29 is 4.79 Å². The standard InChI is InChI=1S/C20H16N2O/c23-20(19-11-5-6-12-21-19)13-16-14-7-1-3-9-17(14)22-18-10-4-2-8-15(16)18/h1-12,16,22H,13H2. The molecule has 1 aliphatic rings. The third-order valence-corrected chi connectivity index (χ3v) is 4.28. The van der Waals surface area contributed by atoms with Crippen molar-refractivity contribution in [2.24, 2.45) is 0 Å². The number of benzene rings is 2. The van der Waals surface area contributed by atoms with E-state index in [0.29, 0.717) is 12.1 Å². The van der Waals surface area contributed by atoms with Gasteiger partial charge in [0.1, 0.15) is 5.69 Å². The number of anilines is 2. The number of carbonyl (C=O) groups is 1. The van der Waals surface area contributed by atoms with E-state index >= 15 is 0 Å². The number of hydrogen-bond donors (Lipinski definition) is 1. The molecule has 2 aromatic carbocycles. The molecule has 3 heteroatoms. The van der Waals surface area contributed by atoms with Gasteiger partial charge in [-0.2, -0.15) is 0 Å². The SMILES string of the molecule is O=C(CC1c2ccccc2Nc2ccccc21)c1ccccn1. The van der Waals surface area contributed by atoms with Crippen molar-refractivity contribution in [2.45, 2.75) is 12.3 Å². The number of fused-ring (bicyclic) bond motifs is 2. The summed E-state index contributed by atoms with van der Waals surface area (Å²) in [5.74, 6) is 0.125. The minimum Gasteiger partial charge on any atom is -0.355 e. The molecule has 3 aromatic rings. The fraction of sp³-hybridized carbons (Fsp3) is 0.100. The Balaban J connectivity index is 1.74. The molecule has 0 radical (unpaired) electrons. The van der Waals surface area contributed by atoms with Crippen molar-refractivity contribution >= 4 is 17.2 Å². The van der Waals surface area contributed by atoms with Gasteiger partial charge in [-0.05, 0) is 35.4 Å². The fourth-order valence-corrected chi connectivity index (χ4v) is 3.18. The van der Waals surface area contributed by atoms with Gasteiger partial charge in [0.25, 0.3) is 0 Å². The first kappa shape index (κ1) is 13.7. The maximum atomic E-state index is 12.6. The van der Waals surface area contributed by atoms with Crippen LogP contribution in [0.3, 0.4) is 0 Å². The molecule has 23 heavy (non-hydrogen) atoms. The number of nitrogens with one attached hydrogen (secondary N) is 1. The summed E-state index contributed by atoms with van der Waals surface area (Å²) < 4.78 is 0. The van der Waals surface area contributed by atoms with E-state index in [-0.39, 0.29) is 11.7 Å². The Morgan fingerprint density at radius 2 is 1.48 bits per heavy atom. The minimum absolute atomic E-state index is 0.0538. The Bertz CT molecular complexity index is 813. The predicted molar refractivity (Wildman–Crippen MR) is 91.2 cm³/mol. The van der Waals surface area contributed by atoms with Gasteiger partial charge in [-0.25, -0.2) is 0 Å². The molecule has 2 heterocycles. The van der Waals surface area contributed by atoms with Crippen LogP contribution in [0, 0.1) is 0 Å². The summed E-state index contributed by atoms with van der Waals surface area (Å²) in [4.78, 5) is 16.8. The monoisotopic (exact) mass is 300 g/mol. The molecule has 0 fully saturated rings. The number of para-hydroxylation sites is 2. The summed E-state index contributed by atoms with van der Waals surface area (Å²) in [6.45, 7) is 0. The lowest BCUT2D eigenvalue weighted by Crippen LogP contribution is -2.16. The molecule has 1 aliphatic heterocycles. The molecule has 0 aliphatic carbocycles. The van der Waals surface area contributed by atoms with Gasteiger partial charge in [0.15, 0.2) is 5.78 Å². The van der Waals surface area contributed by atoms with E-state index in [2.05, 4.69) is 34.6 Å². The van der Waals surface area contributed by atoms with Crippen molar-refractivity contribution in [1.82, 2.24) is 4.98 Å². The predicted octanol–water partition coefficient (Wildman–Crippen LogP) is 4.54. The number of Topliss-reactive ketones (excluding diaryl/α,β-unsaturated/α-hetero) is 1. The molecule has 4 rings (SSSR count). The van der Waals surface area contributed by atoms with Crippen molar-refractivity contribution in [3.8, 4) is 0 Å². The van der Waals surface area contributed by atoms with E-state index in [1.807, 2.05) is 36.4 Å². The van der Waals surface area contributed by atoms with Crippen molar-refractivity contribution in [1.29, 1.82) is 0 Å². The summed E-state index contributed by atoms with van der Waals surface area (Å²) >= 11 is 0. The van der Waals surface area contributed by atoms with Crippen LogP contribution in [0.5, 0.6) is 0 Å². The van der Waals surface area contributed by atoms with Crippen molar-refractivity contribution in [3.05, 3.63) is 89.7 Å². The molecule has 0 amide bonds. The lowest BCUT2D eigenvalue weighted by molar-refractivity contribution is 0.0973. The Kier molecular flexibility index (Phi) is 3.39. The molecule has 3 nitrogen and oxygen atoms in total. The first-order chi connectivity index (χ1) is 11.3. The molecule has 0 bridgehead atoms. The second-order valence-electron chi connectivity index (χ2n) is 5.69. The summed E-state index contributed by atoms with van der Waals surface area (Å²) in [5, 5.41) is 3.46.